The van der Waals surface area contributed by atoms with Crippen LogP contribution in [-0.4, -0.2) is 17.9 Å². The van der Waals surface area contributed by atoms with Crippen molar-refractivity contribution < 1.29 is 4.79 Å². The maximum atomic E-state index is 12.3. The van der Waals surface area contributed by atoms with E-state index in [1.165, 1.54) is 0 Å². The first-order chi connectivity index (χ1) is 9.45. The van der Waals surface area contributed by atoms with Crippen LogP contribution >= 0.6 is 15.9 Å². The summed E-state index contributed by atoms with van der Waals surface area (Å²) in [5.41, 5.74) is 14.0. The summed E-state index contributed by atoms with van der Waals surface area (Å²) in [4.78, 5) is 14.0. The van der Waals surface area contributed by atoms with E-state index in [9.17, 15) is 4.79 Å². The van der Waals surface area contributed by atoms with Gasteiger partial charge in [-0.1, -0.05) is 28.1 Å². The second-order valence-electron chi connectivity index (χ2n) is 4.68. The van der Waals surface area contributed by atoms with Crippen LogP contribution in [0.15, 0.2) is 46.9 Å². The molecule has 0 saturated carbocycles. The fourth-order valence-electron chi connectivity index (χ4n) is 1.96. The van der Waals surface area contributed by atoms with Gasteiger partial charge in [-0.05, 0) is 35.9 Å². The molecule has 0 heterocycles. The van der Waals surface area contributed by atoms with Gasteiger partial charge in [-0.15, -0.1) is 0 Å². The van der Waals surface area contributed by atoms with E-state index in [-0.39, 0.29) is 5.91 Å². The maximum Gasteiger partial charge on any atom is 0.254 e. The highest BCUT2D eigenvalue weighted by atomic mass is 79.9. The van der Waals surface area contributed by atoms with E-state index in [1.807, 2.05) is 24.3 Å². The Bertz CT molecular complexity index is 605. The van der Waals surface area contributed by atoms with Crippen LogP contribution in [-0.2, 0) is 6.54 Å². The lowest BCUT2D eigenvalue weighted by Gasteiger charge is -2.18. The van der Waals surface area contributed by atoms with Crippen LogP contribution in [0, 0.1) is 0 Å². The molecule has 0 atom stereocenters. The van der Waals surface area contributed by atoms with Crippen molar-refractivity contribution >= 4 is 33.2 Å². The molecule has 0 saturated heterocycles. The minimum absolute atomic E-state index is 0.105. The molecule has 0 aliphatic heterocycles. The molecule has 4 nitrogen and oxygen atoms in total. The maximum absolute atomic E-state index is 12.3. The summed E-state index contributed by atoms with van der Waals surface area (Å²) < 4.78 is 1.01. The fraction of sp³-hybridized carbons (Fsp3) is 0.133. The van der Waals surface area contributed by atoms with E-state index < -0.39 is 0 Å². The Balaban J connectivity index is 2.14. The van der Waals surface area contributed by atoms with Gasteiger partial charge in [0.2, 0.25) is 0 Å². The van der Waals surface area contributed by atoms with Gasteiger partial charge in [0.05, 0.1) is 0 Å². The second-order valence-corrected chi connectivity index (χ2v) is 5.59. The minimum Gasteiger partial charge on any atom is -0.399 e. The van der Waals surface area contributed by atoms with Gasteiger partial charge in [-0.25, -0.2) is 0 Å². The standard InChI is InChI=1S/C15H16BrN3O/c1-19(9-10-2-4-12(16)5-3-10)15(20)11-6-13(17)8-14(18)7-11/h2-8H,9,17-18H2,1H3. The molecule has 0 unspecified atom stereocenters. The molecule has 2 aromatic carbocycles. The zero-order chi connectivity index (χ0) is 14.7. The predicted octanol–water partition coefficient (Wildman–Crippen LogP) is 2.89. The number of carbonyl (C=O) groups is 1. The van der Waals surface area contributed by atoms with Crippen LogP contribution in [0.4, 0.5) is 11.4 Å². The number of anilines is 2. The van der Waals surface area contributed by atoms with Crippen molar-refractivity contribution in [3.8, 4) is 0 Å². The van der Waals surface area contributed by atoms with Crippen molar-refractivity contribution in [2.75, 3.05) is 18.5 Å². The van der Waals surface area contributed by atoms with Crippen LogP contribution in [0.2, 0.25) is 0 Å². The van der Waals surface area contributed by atoms with Crippen molar-refractivity contribution in [1.82, 2.24) is 4.90 Å². The zero-order valence-corrected chi connectivity index (χ0v) is 12.7. The molecule has 0 bridgehead atoms. The lowest BCUT2D eigenvalue weighted by Crippen LogP contribution is -2.26. The summed E-state index contributed by atoms with van der Waals surface area (Å²) in [6.45, 7) is 0.529. The zero-order valence-electron chi connectivity index (χ0n) is 11.1. The second kappa shape index (κ2) is 5.96. The number of rotatable bonds is 3. The molecular weight excluding hydrogens is 318 g/mol. The van der Waals surface area contributed by atoms with E-state index in [4.69, 9.17) is 11.5 Å². The van der Waals surface area contributed by atoms with Crippen molar-refractivity contribution in [1.29, 1.82) is 0 Å². The third-order valence-corrected chi connectivity index (χ3v) is 3.43. The number of benzene rings is 2. The molecular formula is C15H16BrN3O. The molecule has 0 aromatic heterocycles. The quantitative estimate of drug-likeness (QED) is 0.848. The first-order valence-electron chi connectivity index (χ1n) is 6.11. The molecule has 1 amide bonds. The summed E-state index contributed by atoms with van der Waals surface area (Å²) >= 11 is 3.38. The Morgan fingerprint density at radius 2 is 1.65 bits per heavy atom. The predicted molar refractivity (Wildman–Crippen MR) is 85.2 cm³/mol. The normalized spacial score (nSPS) is 10.3. The van der Waals surface area contributed by atoms with E-state index in [0.29, 0.717) is 23.5 Å². The third-order valence-electron chi connectivity index (χ3n) is 2.90. The van der Waals surface area contributed by atoms with E-state index in [2.05, 4.69) is 15.9 Å². The first kappa shape index (κ1) is 14.4. The summed E-state index contributed by atoms with van der Waals surface area (Å²) in [5.74, 6) is -0.105. The van der Waals surface area contributed by atoms with Crippen molar-refractivity contribution in [2.45, 2.75) is 6.54 Å². The number of halogens is 1. The van der Waals surface area contributed by atoms with Gasteiger partial charge in [0.25, 0.3) is 5.91 Å². The fourth-order valence-corrected chi connectivity index (χ4v) is 2.22. The summed E-state index contributed by atoms with van der Waals surface area (Å²) in [7, 11) is 1.75. The number of hydrogen-bond donors (Lipinski definition) is 2. The molecule has 104 valence electrons. The molecule has 0 aliphatic carbocycles. The van der Waals surface area contributed by atoms with Gasteiger partial charge in [-0.3, -0.25) is 4.79 Å². The summed E-state index contributed by atoms with van der Waals surface area (Å²) in [6, 6.07) is 12.8. The highest BCUT2D eigenvalue weighted by Crippen LogP contribution is 2.17. The molecule has 0 aliphatic rings. The van der Waals surface area contributed by atoms with E-state index >= 15 is 0 Å². The van der Waals surface area contributed by atoms with Crippen LogP contribution in [0.5, 0.6) is 0 Å². The van der Waals surface area contributed by atoms with Crippen LogP contribution in [0.3, 0.4) is 0 Å². The van der Waals surface area contributed by atoms with Crippen LogP contribution in [0.25, 0.3) is 0 Å². The largest absolute Gasteiger partial charge is 0.399 e. The van der Waals surface area contributed by atoms with Gasteiger partial charge in [-0.2, -0.15) is 0 Å². The minimum atomic E-state index is -0.105. The number of hydrogen-bond acceptors (Lipinski definition) is 3. The molecule has 5 heteroatoms. The molecule has 0 fully saturated rings. The van der Waals surface area contributed by atoms with Gasteiger partial charge >= 0.3 is 0 Å². The van der Waals surface area contributed by atoms with Gasteiger partial charge in [0, 0.05) is 35.0 Å². The lowest BCUT2D eigenvalue weighted by atomic mass is 10.1. The molecule has 0 radical (unpaired) electrons. The van der Waals surface area contributed by atoms with Gasteiger partial charge in [0.15, 0.2) is 0 Å². The first-order valence-corrected chi connectivity index (χ1v) is 6.91. The SMILES string of the molecule is CN(Cc1ccc(Br)cc1)C(=O)c1cc(N)cc(N)c1. The van der Waals surface area contributed by atoms with Crippen molar-refractivity contribution in [3.63, 3.8) is 0 Å². The van der Waals surface area contributed by atoms with E-state index in [1.54, 1.807) is 30.1 Å². The van der Waals surface area contributed by atoms with Crippen molar-refractivity contribution in [3.05, 3.63) is 58.1 Å². The Labute approximate surface area is 126 Å². The number of nitrogens with two attached hydrogens (primary N) is 2. The third kappa shape index (κ3) is 3.51. The number of carbonyl (C=O) groups excluding carboxylic acids is 1. The number of amides is 1. The Hall–Kier alpha value is -2.01. The average molecular weight is 334 g/mol. The van der Waals surface area contributed by atoms with E-state index in [0.717, 1.165) is 10.0 Å². The summed E-state index contributed by atoms with van der Waals surface area (Å²) in [5, 5.41) is 0. The molecule has 20 heavy (non-hydrogen) atoms. The lowest BCUT2D eigenvalue weighted by molar-refractivity contribution is 0.0785. The average Bonchev–Trinajstić information content (AvgIpc) is 2.39. The Kier molecular flexibility index (Phi) is 4.29. The number of nitrogen functional groups attached to an aromatic ring is 2. The molecule has 2 aromatic rings. The summed E-state index contributed by atoms with van der Waals surface area (Å²) in [6.07, 6.45) is 0. The molecule has 2 rings (SSSR count). The molecule has 4 N–H and O–H groups in total. The Morgan fingerprint density at radius 1 is 1.10 bits per heavy atom. The van der Waals surface area contributed by atoms with Crippen molar-refractivity contribution in [2.24, 2.45) is 0 Å². The highest BCUT2D eigenvalue weighted by molar-refractivity contribution is 9.10. The smallest absolute Gasteiger partial charge is 0.254 e. The van der Waals surface area contributed by atoms with Gasteiger partial charge < -0.3 is 16.4 Å². The highest BCUT2D eigenvalue weighted by Gasteiger charge is 2.13. The Morgan fingerprint density at radius 3 is 2.20 bits per heavy atom. The van der Waals surface area contributed by atoms with Gasteiger partial charge in [0.1, 0.15) is 0 Å². The number of nitrogens with zero attached hydrogens (tertiary/aromatic N) is 1. The van der Waals surface area contributed by atoms with Crippen LogP contribution < -0.4 is 11.5 Å². The molecule has 0 spiro atoms. The topological polar surface area (TPSA) is 72.3 Å². The monoisotopic (exact) mass is 333 g/mol. The van der Waals surface area contributed by atoms with Crippen LogP contribution in [0.1, 0.15) is 15.9 Å².